The molecule has 3 heteroatoms. The van der Waals surface area contributed by atoms with Crippen molar-refractivity contribution in [3.05, 3.63) is 96.1 Å². The number of para-hydroxylation sites is 1. The van der Waals surface area contributed by atoms with E-state index in [0.717, 1.165) is 46.6 Å². The molecule has 2 atom stereocenters. The van der Waals surface area contributed by atoms with E-state index in [1.807, 2.05) is 12.1 Å². The summed E-state index contributed by atoms with van der Waals surface area (Å²) in [7, 11) is 0. The van der Waals surface area contributed by atoms with Crippen LogP contribution < -0.4 is 0 Å². The zero-order chi connectivity index (χ0) is 21.0. The summed E-state index contributed by atoms with van der Waals surface area (Å²) in [5.41, 5.74) is 7.28. The highest BCUT2D eigenvalue weighted by atomic mass is 16.1. The average molecular weight is 405 g/mol. The molecule has 0 amide bonds. The normalized spacial score (nSPS) is 21.8. The van der Waals surface area contributed by atoms with Crippen LogP contribution in [-0.4, -0.2) is 15.6 Å². The van der Waals surface area contributed by atoms with Crippen molar-refractivity contribution in [3.63, 3.8) is 0 Å². The molecule has 2 aliphatic rings. The summed E-state index contributed by atoms with van der Waals surface area (Å²) in [6.45, 7) is 2.16. The van der Waals surface area contributed by atoms with E-state index in [4.69, 9.17) is 5.10 Å². The van der Waals surface area contributed by atoms with Crippen molar-refractivity contribution in [1.82, 2.24) is 9.78 Å². The van der Waals surface area contributed by atoms with Crippen LogP contribution in [0.25, 0.3) is 28.2 Å². The van der Waals surface area contributed by atoms with Crippen molar-refractivity contribution in [2.45, 2.75) is 37.5 Å². The monoisotopic (exact) mass is 404 g/mol. The predicted octanol–water partition coefficient (Wildman–Crippen LogP) is 6.31. The number of benzene rings is 3. The Balaban J connectivity index is 1.74. The molecular formula is C28H24N2O. The predicted molar refractivity (Wildman–Crippen MR) is 123 cm³/mol. The van der Waals surface area contributed by atoms with Gasteiger partial charge in [0.2, 0.25) is 0 Å². The van der Waals surface area contributed by atoms with Gasteiger partial charge in [-0.1, -0.05) is 72.8 Å². The van der Waals surface area contributed by atoms with Gasteiger partial charge in [0.05, 0.1) is 22.5 Å². The Bertz CT molecular complexity index is 1290. The van der Waals surface area contributed by atoms with E-state index in [2.05, 4.69) is 84.4 Å². The number of Topliss-reactive ketones (excluding diaryl/α,β-unsaturated/α-hetero) is 1. The topological polar surface area (TPSA) is 34.9 Å². The Kier molecular flexibility index (Phi) is 4.01. The van der Waals surface area contributed by atoms with Crippen LogP contribution in [0.5, 0.6) is 0 Å². The second kappa shape index (κ2) is 6.78. The van der Waals surface area contributed by atoms with Crippen LogP contribution in [0, 0.1) is 0 Å². The molecule has 0 unspecified atom stereocenters. The van der Waals surface area contributed by atoms with Crippen molar-refractivity contribution < 1.29 is 4.79 Å². The molecule has 1 heterocycles. The van der Waals surface area contributed by atoms with Gasteiger partial charge < -0.3 is 0 Å². The van der Waals surface area contributed by atoms with E-state index >= 15 is 0 Å². The summed E-state index contributed by atoms with van der Waals surface area (Å²) < 4.78 is 2.09. The molecule has 2 aliphatic carbocycles. The summed E-state index contributed by atoms with van der Waals surface area (Å²) in [5.74, 6) is 0.486. The van der Waals surface area contributed by atoms with Gasteiger partial charge in [0.25, 0.3) is 0 Å². The highest BCUT2D eigenvalue weighted by Gasteiger charge is 2.52. The number of ketones is 1. The van der Waals surface area contributed by atoms with Crippen LogP contribution in [0.3, 0.4) is 0 Å². The highest BCUT2D eigenvalue weighted by molar-refractivity contribution is 5.97. The first-order valence-corrected chi connectivity index (χ1v) is 11.1. The fraction of sp³-hybridized carbons (Fsp3) is 0.214. The fourth-order valence-corrected chi connectivity index (χ4v) is 5.71. The lowest BCUT2D eigenvalue weighted by atomic mass is 9.56. The maximum atomic E-state index is 13.4. The second-order valence-corrected chi connectivity index (χ2v) is 8.84. The number of fused-ring (bicyclic) bond motifs is 6. The largest absolute Gasteiger partial charge is 0.299 e. The van der Waals surface area contributed by atoms with Crippen molar-refractivity contribution >= 4 is 5.78 Å². The summed E-state index contributed by atoms with van der Waals surface area (Å²) in [5, 5.41) is 5.18. The summed E-state index contributed by atoms with van der Waals surface area (Å²) in [4.78, 5) is 13.4. The minimum absolute atomic E-state index is 0.131. The minimum Gasteiger partial charge on any atom is -0.299 e. The first-order valence-electron chi connectivity index (χ1n) is 11.1. The van der Waals surface area contributed by atoms with E-state index in [1.165, 1.54) is 5.56 Å². The molecule has 1 fully saturated rings. The Morgan fingerprint density at radius 2 is 1.58 bits per heavy atom. The van der Waals surface area contributed by atoms with Gasteiger partial charge in [0, 0.05) is 29.0 Å². The lowest BCUT2D eigenvalue weighted by Gasteiger charge is -2.45. The molecule has 6 rings (SSSR count). The van der Waals surface area contributed by atoms with Crippen LogP contribution in [0.1, 0.15) is 43.2 Å². The average Bonchev–Trinajstić information content (AvgIpc) is 3.22. The molecule has 3 aromatic carbocycles. The van der Waals surface area contributed by atoms with E-state index in [1.54, 1.807) is 0 Å². The number of carbonyl (C=O) groups excluding carboxylic acids is 1. The van der Waals surface area contributed by atoms with Crippen molar-refractivity contribution in [3.8, 4) is 28.2 Å². The number of nitrogens with zero attached hydrogens (tertiary/aromatic N) is 2. The van der Waals surface area contributed by atoms with Crippen molar-refractivity contribution in [1.29, 1.82) is 0 Å². The van der Waals surface area contributed by atoms with E-state index in [-0.39, 0.29) is 5.92 Å². The smallest absolute Gasteiger partial charge is 0.143 e. The summed E-state index contributed by atoms with van der Waals surface area (Å²) >= 11 is 0. The van der Waals surface area contributed by atoms with Crippen LogP contribution in [0.15, 0.2) is 84.9 Å². The molecule has 4 aromatic rings. The quantitative estimate of drug-likeness (QED) is 0.392. The van der Waals surface area contributed by atoms with Gasteiger partial charge >= 0.3 is 0 Å². The second-order valence-electron chi connectivity index (χ2n) is 8.84. The zero-order valence-corrected chi connectivity index (χ0v) is 17.6. The maximum Gasteiger partial charge on any atom is 0.143 e. The molecular weight excluding hydrogens is 380 g/mol. The van der Waals surface area contributed by atoms with Crippen LogP contribution in [0.2, 0.25) is 0 Å². The lowest BCUT2D eigenvalue weighted by Crippen LogP contribution is -2.44. The van der Waals surface area contributed by atoms with Gasteiger partial charge in [-0.2, -0.15) is 5.10 Å². The van der Waals surface area contributed by atoms with Crippen molar-refractivity contribution in [2.75, 3.05) is 0 Å². The third-order valence-electron chi connectivity index (χ3n) is 7.23. The van der Waals surface area contributed by atoms with Gasteiger partial charge in [0.15, 0.2) is 0 Å². The number of carbonyl (C=O) groups is 1. The highest BCUT2D eigenvalue weighted by Crippen LogP contribution is 2.57. The SMILES string of the molecule is C[C@@]12C(=O)CCC[C@H]1c1c(-c3ccccc3)nn(-c3ccccc3)c1-c1ccccc12. The van der Waals surface area contributed by atoms with E-state index in [0.29, 0.717) is 12.2 Å². The third-order valence-corrected chi connectivity index (χ3v) is 7.23. The third kappa shape index (κ3) is 2.53. The van der Waals surface area contributed by atoms with Crippen LogP contribution >= 0.6 is 0 Å². The minimum atomic E-state index is -0.504. The van der Waals surface area contributed by atoms with E-state index in [9.17, 15) is 4.79 Å². The van der Waals surface area contributed by atoms with Gasteiger partial charge in [-0.25, -0.2) is 4.68 Å². The molecule has 0 aliphatic heterocycles. The van der Waals surface area contributed by atoms with E-state index < -0.39 is 5.41 Å². The molecule has 1 saturated carbocycles. The molecule has 3 nitrogen and oxygen atoms in total. The lowest BCUT2D eigenvalue weighted by molar-refractivity contribution is -0.126. The van der Waals surface area contributed by atoms with Crippen LogP contribution in [0.4, 0.5) is 0 Å². The Labute approximate surface area is 182 Å². The standard InChI is InChI=1S/C28H24N2O/c1-28-22-16-9-8-15-21(22)27-25(23(28)17-10-18-24(28)31)26(19-11-4-2-5-12-19)29-30(27)20-13-6-3-7-14-20/h2-9,11-16,23H,10,17-18H2,1H3/t23-,28-/m0/s1. The van der Waals surface area contributed by atoms with Gasteiger partial charge in [-0.05, 0) is 37.5 Å². The Hall–Kier alpha value is -3.46. The Morgan fingerprint density at radius 3 is 2.35 bits per heavy atom. The van der Waals surface area contributed by atoms with Gasteiger partial charge in [0.1, 0.15) is 5.78 Å². The van der Waals surface area contributed by atoms with Crippen molar-refractivity contribution in [2.24, 2.45) is 0 Å². The molecule has 0 radical (unpaired) electrons. The number of hydrogen-bond acceptors (Lipinski definition) is 2. The molecule has 0 spiro atoms. The Morgan fingerprint density at radius 1 is 0.903 bits per heavy atom. The molecule has 0 bridgehead atoms. The van der Waals surface area contributed by atoms with Gasteiger partial charge in [-0.15, -0.1) is 0 Å². The molecule has 31 heavy (non-hydrogen) atoms. The summed E-state index contributed by atoms with van der Waals surface area (Å²) in [6.07, 6.45) is 2.60. The first kappa shape index (κ1) is 18.3. The summed E-state index contributed by atoms with van der Waals surface area (Å²) in [6, 6.07) is 29.2. The molecule has 0 N–H and O–H groups in total. The number of aromatic nitrogens is 2. The molecule has 152 valence electrons. The molecule has 0 saturated heterocycles. The fourth-order valence-electron chi connectivity index (χ4n) is 5.71. The molecule has 1 aromatic heterocycles. The first-order chi connectivity index (χ1) is 15.2. The van der Waals surface area contributed by atoms with Gasteiger partial charge in [-0.3, -0.25) is 4.79 Å². The number of rotatable bonds is 2. The van der Waals surface area contributed by atoms with Crippen LogP contribution in [-0.2, 0) is 10.2 Å². The zero-order valence-electron chi connectivity index (χ0n) is 17.6. The maximum absolute atomic E-state index is 13.4. The number of hydrogen-bond donors (Lipinski definition) is 0.